The summed E-state index contributed by atoms with van der Waals surface area (Å²) in [4.78, 5) is 11.3. The second-order valence-electron chi connectivity index (χ2n) is 3.73. The third-order valence-electron chi connectivity index (χ3n) is 2.17. The number of carbonyl (C=O) groups excluding carboxylic acids is 1. The SMILES string of the molecule is CCCCC/C=C/C(=O)NCCNCCN. The molecule has 0 saturated heterocycles. The lowest BCUT2D eigenvalue weighted by Crippen LogP contribution is -2.33. The number of carbonyl (C=O) groups is 1. The highest BCUT2D eigenvalue weighted by molar-refractivity contribution is 5.87. The number of hydrogen-bond donors (Lipinski definition) is 3. The van der Waals surface area contributed by atoms with Crippen LogP contribution in [0.15, 0.2) is 12.2 Å². The van der Waals surface area contributed by atoms with Gasteiger partial charge in [0.1, 0.15) is 0 Å². The van der Waals surface area contributed by atoms with Crippen molar-refractivity contribution < 1.29 is 4.79 Å². The first-order valence-electron chi connectivity index (χ1n) is 6.16. The molecule has 0 fully saturated rings. The summed E-state index contributed by atoms with van der Waals surface area (Å²) in [6.45, 7) is 5.02. The van der Waals surface area contributed by atoms with Gasteiger partial charge in [0.25, 0.3) is 0 Å². The zero-order chi connectivity index (χ0) is 12.1. The Hall–Kier alpha value is -0.870. The van der Waals surface area contributed by atoms with Crippen molar-refractivity contribution in [1.82, 2.24) is 10.6 Å². The van der Waals surface area contributed by atoms with Gasteiger partial charge in [-0.15, -0.1) is 0 Å². The van der Waals surface area contributed by atoms with E-state index in [2.05, 4.69) is 17.6 Å². The van der Waals surface area contributed by atoms with E-state index < -0.39 is 0 Å². The molecular formula is C12H25N3O. The van der Waals surface area contributed by atoms with Gasteiger partial charge in [-0.2, -0.15) is 0 Å². The van der Waals surface area contributed by atoms with Gasteiger partial charge in [0.05, 0.1) is 0 Å². The average molecular weight is 227 g/mol. The molecule has 4 N–H and O–H groups in total. The highest BCUT2D eigenvalue weighted by Crippen LogP contribution is 1.98. The number of nitrogens with two attached hydrogens (primary N) is 1. The molecule has 16 heavy (non-hydrogen) atoms. The third-order valence-corrected chi connectivity index (χ3v) is 2.17. The minimum atomic E-state index is -0.00829. The second kappa shape index (κ2) is 12.2. The van der Waals surface area contributed by atoms with Crippen molar-refractivity contribution in [1.29, 1.82) is 0 Å². The molecule has 94 valence electrons. The molecule has 0 rings (SSSR count). The van der Waals surface area contributed by atoms with Crippen LogP contribution in [0.25, 0.3) is 0 Å². The fourth-order valence-corrected chi connectivity index (χ4v) is 1.26. The first kappa shape index (κ1) is 15.1. The van der Waals surface area contributed by atoms with Gasteiger partial charge < -0.3 is 16.4 Å². The van der Waals surface area contributed by atoms with Crippen molar-refractivity contribution in [3.63, 3.8) is 0 Å². The maximum absolute atomic E-state index is 11.3. The lowest BCUT2D eigenvalue weighted by atomic mass is 10.2. The lowest BCUT2D eigenvalue weighted by Gasteiger charge is -2.03. The van der Waals surface area contributed by atoms with Gasteiger partial charge in [0.15, 0.2) is 0 Å². The number of rotatable bonds is 10. The van der Waals surface area contributed by atoms with Crippen LogP contribution in [0.2, 0.25) is 0 Å². The highest BCUT2D eigenvalue weighted by Gasteiger charge is 1.93. The van der Waals surface area contributed by atoms with Gasteiger partial charge in [-0.05, 0) is 18.9 Å². The van der Waals surface area contributed by atoms with E-state index in [1.165, 1.54) is 19.3 Å². The summed E-state index contributed by atoms with van der Waals surface area (Å²) in [5, 5.41) is 5.91. The lowest BCUT2D eigenvalue weighted by molar-refractivity contribution is -0.116. The molecule has 0 atom stereocenters. The predicted molar refractivity (Wildman–Crippen MR) is 68.2 cm³/mol. The standard InChI is InChI=1S/C12H25N3O/c1-2-3-4-5-6-7-12(16)15-11-10-14-9-8-13/h6-7,14H,2-5,8-11,13H2,1H3,(H,15,16)/b7-6+. The molecule has 0 aromatic heterocycles. The van der Waals surface area contributed by atoms with Crippen molar-refractivity contribution >= 4 is 5.91 Å². The Labute approximate surface area is 98.7 Å². The van der Waals surface area contributed by atoms with Crippen LogP contribution in [-0.4, -0.2) is 32.1 Å². The summed E-state index contributed by atoms with van der Waals surface area (Å²) >= 11 is 0. The first-order valence-corrected chi connectivity index (χ1v) is 6.16. The summed E-state index contributed by atoms with van der Waals surface area (Å²) in [6, 6.07) is 0. The van der Waals surface area contributed by atoms with Crippen LogP contribution in [0.1, 0.15) is 32.6 Å². The summed E-state index contributed by atoms with van der Waals surface area (Å²) in [6.07, 6.45) is 8.17. The zero-order valence-electron chi connectivity index (χ0n) is 10.3. The van der Waals surface area contributed by atoms with E-state index >= 15 is 0 Å². The smallest absolute Gasteiger partial charge is 0.243 e. The zero-order valence-corrected chi connectivity index (χ0v) is 10.3. The molecule has 0 radical (unpaired) electrons. The molecule has 0 aliphatic heterocycles. The average Bonchev–Trinajstić information content (AvgIpc) is 2.28. The Bertz CT molecular complexity index is 193. The van der Waals surface area contributed by atoms with Crippen molar-refractivity contribution in [3.05, 3.63) is 12.2 Å². The van der Waals surface area contributed by atoms with E-state index in [1.807, 2.05) is 6.08 Å². The van der Waals surface area contributed by atoms with Crippen molar-refractivity contribution in [2.45, 2.75) is 32.6 Å². The molecule has 0 unspecified atom stereocenters. The fourth-order valence-electron chi connectivity index (χ4n) is 1.26. The summed E-state index contributed by atoms with van der Waals surface area (Å²) in [7, 11) is 0. The van der Waals surface area contributed by atoms with Gasteiger partial charge in [-0.25, -0.2) is 0 Å². The Morgan fingerprint density at radius 2 is 2.06 bits per heavy atom. The van der Waals surface area contributed by atoms with Crippen LogP contribution < -0.4 is 16.4 Å². The molecule has 4 heteroatoms. The predicted octanol–water partition coefficient (Wildman–Crippen LogP) is 0.787. The summed E-state index contributed by atoms with van der Waals surface area (Å²) < 4.78 is 0. The van der Waals surface area contributed by atoms with Crippen LogP contribution in [0.3, 0.4) is 0 Å². The maximum atomic E-state index is 11.3. The number of allylic oxidation sites excluding steroid dienone is 1. The number of hydrogen-bond acceptors (Lipinski definition) is 3. The minimum Gasteiger partial charge on any atom is -0.351 e. The normalized spacial score (nSPS) is 10.9. The highest BCUT2D eigenvalue weighted by atomic mass is 16.1. The van der Waals surface area contributed by atoms with Crippen LogP contribution in [0, 0.1) is 0 Å². The summed E-state index contributed by atoms with van der Waals surface area (Å²) in [5.41, 5.74) is 5.32. The molecule has 0 aromatic carbocycles. The van der Waals surface area contributed by atoms with E-state index in [-0.39, 0.29) is 5.91 Å². The van der Waals surface area contributed by atoms with Gasteiger partial charge in [-0.1, -0.05) is 25.8 Å². The fraction of sp³-hybridized carbons (Fsp3) is 0.750. The second-order valence-corrected chi connectivity index (χ2v) is 3.73. The minimum absolute atomic E-state index is 0.00829. The van der Waals surface area contributed by atoms with E-state index in [1.54, 1.807) is 6.08 Å². The Balaban J connectivity index is 3.29. The first-order chi connectivity index (χ1) is 7.81. The van der Waals surface area contributed by atoms with Crippen LogP contribution in [-0.2, 0) is 4.79 Å². The molecule has 1 amide bonds. The third kappa shape index (κ3) is 11.2. The van der Waals surface area contributed by atoms with Gasteiger partial charge in [-0.3, -0.25) is 4.79 Å². The Morgan fingerprint density at radius 3 is 2.75 bits per heavy atom. The molecule has 0 saturated carbocycles. The Morgan fingerprint density at radius 1 is 1.25 bits per heavy atom. The van der Waals surface area contributed by atoms with Crippen molar-refractivity contribution in [3.8, 4) is 0 Å². The van der Waals surface area contributed by atoms with Gasteiger partial charge in [0.2, 0.25) is 5.91 Å². The Kier molecular flexibility index (Phi) is 11.5. The van der Waals surface area contributed by atoms with Crippen molar-refractivity contribution in [2.24, 2.45) is 5.73 Å². The van der Waals surface area contributed by atoms with Crippen LogP contribution >= 0.6 is 0 Å². The molecule has 4 nitrogen and oxygen atoms in total. The van der Waals surface area contributed by atoms with Crippen LogP contribution in [0.4, 0.5) is 0 Å². The number of nitrogens with one attached hydrogen (secondary N) is 2. The monoisotopic (exact) mass is 227 g/mol. The molecule has 0 aliphatic carbocycles. The van der Waals surface area contributed by atoms with Gasteiger partial charge in [0, 0.05) is 26.2 Å². The molecular weight excluding hydrogens is 202 g/mol. The molecule has 0 heterocycles. The van der Waals surface area contributed by atoms with Gasteiger partial charge >= 0.3 is 0 Å². The molecule has 0 spiro atoms. The number of unbranched alkanes of at least 4 members (excludes halogenated alkanes) is 3. The molecule has 0 aromatic rings. The largest absolute Gasteiger partial charge is 0.351 e. The number of amides is 1. The molecule has 0 bridgehead atoms. The summed E-state index contributed by atoms with van der Waals surface area (Å²) in [5.74, 6) is -0.00829. The van der Waals surface area contributed by atoms with Crippen LogP contribution in [0.5, 0.6) is 0 Å². The quantitative estimate of drug-likeness (QED) is 0.382. The van der Waals surface area contributed by atoms with E-state index in [9.17, 15) is 4.79 Å². The molecule has 0 aliphatic rings. The van der Waals surface area contributed by atoms with Crippen molar-refractivity contribution in [2.75, 3.05) is 26.2 Å². The van der Waals surface area contributed by atoms with E-state index in [0.29, 0.717) is 13.1 Å². The maximum Gasteiger partial charge on any atom is 0.243 e. The van der Waals surface area contributed by atoms with E-state index in [0.717, 1.165) is 19.5 Å². The van der Waals surface area contributed by atoms with E-state index in [4.69, 9.17) is 5.73 Å². The topological polar surface area (TPSA) is 67.2 Å².